The van der Waals surface area contributed by atoms with Crippen molar-refractivity contribution in [3.63, 3.8) is 0 Å². The molecule has 1 atom stereocenters. The van der Waals surface area contributed by atoms with E-state index in [4.69, 9.17) is 15.2 Å². The molecular weight excluding hydrogens is 310 g/mol. The van der Waals surface area contributed by atoms with Gasteiger partial charge in [-0.3, -0.25) is 4.79 Å². The third kappa shape index (κ3) is 5.20. The molecular formula is C14H20BrNO3. The number of carbonyl (C=O) groups is 1. The van der Waals surface area contributed by atoms with E-state index in [9.17, 15) is 4.79 Å². The average Bonchev–Trinajstić information content (AvgIpc) is 2.31. The van der Waals surface area contributed by atoms with Gasteiger partial charge in [-0.1, -0.05) is 12.1 Å². The Labute approximate surface area is 122 Å². The maximum atomic E-state index is 11.5. The molecule has 1 rings (SSSR count). The highest BCUT2D eigenvalue weighted by molar-refractivity contribution is 9.10. The van der Waals surface area contributed by atoms with E-state index < -0.39 is 17.6 Å². The quantitative estimate of drug-likeness (QED) is 0.815. The lowest BCUT2D eigenvalue weighted by Crippen LogP contribution is -2.42. The molecule has 1 unspecified atom stereocenters. The second-order valence-electron chi connectivity index (χ2n) is 4.85. The van der Waals surface area contributed by atoms with Gasteiger partial charge in [0.1, 0.15) is 17.4 Å². The van der Waals surface area contributed by atoms with E-state index in [1.54, 1.807) is 6.92 Å². The Bertz CT molecular complexity index is 434. The summed E-state index contributed by atoms with van der Waals surface area (Å²) in [6.07, 6.45) is 0.382. The van der Waals surface area contributed by atoms with Crippen molar-refractivity contribution < 1.29 is 14.3 Å². The van der Waals surface area contributed by atoms with Gasteiger partial charge < -0.3 is 15.2 Å². The lowest BCUT2D eigenvalue weighted by atomic mass is 9.99. The minimum Gasteiger partial charge on any atom is -0.487 e. The molecule has 2 N–H and O–H groups in total. The lowest BCUT2D eigenvalue weighted by molar-refractivity contribution is -0.145. The topological polar surface area (TPSA) is 61.5 Å². The van der Waals surface area contributed by atoms with Crippen LogP contribution in [0.3, 0.4) is 0 Å². The molecule has 5 heteroatoms. The second-order valence-corrected chi connectivity index (χ2v) is 5.71. The zero-order valence-electron chi connectivity index (χ0n) is 11.5. The summed E-state index contributed by atoms with van der Waals surface area (Å²) in [6, 6.07) is 6.88. The molecule has 0 fully saturated rings. The Morgan fingerprint density at radius 3 is 2.63 bits per heavy atom. The number of ether oxygens (including phenoxy) is 2. The minimum absolute atomic E-state index is 0.331. The average molecular weight is 330 g/mol. The predicted molar refractivity (Wildman–Crippen MR) is 78.1 cm³/mol. The van der Waals surface area contributed by atoms with Gasteiger partial charge in [0.2, 0.25) is 0 Å². The first kappa shape index (κ1) is 16.0. The van der Waals surface area contributed by atoms with Gasteiger partial charge in [0.05, 0.1) is 11.1 Å². The Morgan fingerprint density at radius 2 is 2.05 bits per heavy atom. The molecule has 0 amide bonds. The number of para-hydroxylation sites is 1. The molecule has 4 nitrogen and oxygen atoms in total. The van der Waals surface area contributed by atoms with Crippen molar-refractivity contribution in [1.82, 2.24) is 0 Å². The number of esters is 1. The first-order valence-corrected chi connectivity index (χ1v) is 7.01. The van der Waals surface area contributed by atoms with Gasteiger partial charge in [-0.05, 0) is 48.8 Å². The monoisotopic (exact) mass is 329 g/mol. The normalized spacial score (nSPS) is 12.9. The van der Waals surface area contributed by atoms with Crippen LogP contribution in [0.25, 0.3) is 0 Å². The highest BCUT2D eigenvalue weighted by Crippen LogP contribution is 2.29. The van der Waals surface area contributed by atoms with E-state index in [0.717, 1.165) is 10.2 Å². The van der Waals surface area contributed by atoms with Crippen molar-refractivity contribution in [3.8, 4) is 5.75 Å². The van der Waals surface area contributed by atoms with Gasteiger partial charge in [-0.2, -0.15) is 0 Å². The molecule has 0 aliphatic rings. The highest BCUT2D eigenvalue weighted by Gasteiger charge is 2.28. The SMILES string of the molecule is CCOC(=O)C(N)CC(C)(C)Oc1ccccc1Br. The smallest absolute Gasteiger partial charge is 0.323 e. The first-order valence-electron chi connectivity index (χ1n) is 6.21. The summed E-state index contributed by atoms with van der Waals surface area (Å²) in [7, 11) is 0. The predicted octanol–water partition coefficient (Wildman–Crippen LogP) is 2.89. The Balaban J connectivity index is 2.66. The molecule has 0 saturated carbocycles. The van der Waals surface area contributed by atoms with E-state index in [0.29, 0.717) is 13.0 Å². The fourth-order valence-corrected chi connectivity index (χ4v) is 2.09. The van der Waals surface area contributed by atoms with Crippen LogP contribution in [0, 0.1) is 0 Å². The second kappa shape index (κ2) is 6.91. The van der Waals surface area contributed by atoms with Gasteiger partial charge in [-0.15, -0.1) is 0 Å². The molecule has 1 aromatic carbocycles. The first-order chi connectivity index (χ1) is 8.85. The van der Waals surface area contributed by atoms with E-state index in [1.165, 1.54) is 0 Å². The number of halogens is 1. The van der Waals surface area contributed by atoms with Gasteiger partial charge in [0.25, 0.3) is 0 Å². The van der Waals surface area contributed by atoms with Crippen molar-refractivity contribution >= 4 is 21.9 Å². The van der Waals surface area contributed by atoms with Crippen LogP contribution in [0.1, 0.15) is 27.2 Å². The summed E-state index contributed by atoms with van der Waals surface area (Å²) in [5, 5.41) is 0. The van der Waals surface area contributed by atoms with Crippen molar-refractivity contribution in [3.05, 3.63) is 28.7 Å². The van der Waals surface area contributed by atoms with Crippen molar-refractivity contribution in [2.24, 2.45) is 5.73 Å². The summed E-state index contributed by atoms with van der Waals surface area (Å²) in [5.74, 6) is 0.329. The third-order valence-corrected chi connectivity index (χ3v) is 3.18. The Hall–Kier alpha value is -1.07. The molecule has 19 heavy (non-hydrogen) atoms. The number of nitrogens with two attached hydrogens (primary N) is 1. The maximum Gasteiger partial charge on any atom is 0.323 e. The van der Waals surface area contributed by atoms with Crippen molar-refractivity contribution in [1.29, 1.82) is 0 Å². The number of carbonyl (C=O) groups excluding carboxylic acids is 1. The summed E-state index contributed by atoms with van der Waals surface area (Å²) in [5.41, 5.74) is 5.26. The fourth-order valence-electron chi connectivity index (χ4n) is 1.73. The molecule has 0 spiro atoms. The van der Waals surface area contributed by atoms with Gasteiger partial charge >= 0.3 is 5.97 Å². The standard InChI is InChI=1S/C14H20BrNO3/c1-4-18-13(17)11(16)9-14(2,3)19-12-8-6-5-7-10(12)15/h5-8,11H,4,9,16H2,1-3H3. The summed E-state index contributed by atoms with van der Waals surface area (Å²) < 4.78 is 11.7. The molecule has 0 heterocycles. The molecule has 0 aliphatic heterocycles. The van der Waals surface area contributed by atoms with Gasteiger partial charge in [-0.25, -0.2) is 0 Å². The lowest BCUT2D eigenvalue weighted by Gasteiger charge is -2.29. The Morgan fingerprint density at radius 1 is 1.42 bits per heavy atom. The van der Waals surface area contributed by atoms with Crippen LogP contribution in [0.2, 0.25) is 0 Å². The van der Waals surface area contributed by atoms with E-state index in [1.807, 2.05) is 38.1 Å². The van der Waals surface area contributed by atoms with E-state index in [-0.39, 0.29) is 0 Å². The van der Waals surface area contributed by atoms with Gasteiger partial charge in [0, 0.05) is 6.42 Å². The van der Waals surface area contributed by atoms with Gasteiger partial charge in [0.15, 0.2) is 0 Å². The number of rotatable bonds is 6. The summed E-state index contributed by atoms with van der Waals surface area (Å²) >= 11 is 3.42. The van der Waals surface area contributed by atoms with E-state index in [2.05, 4.69) is 15.9 Å². The van der Waals surface area contributed by atoms with Crippen LogP contribution in [-0.4, -0.2) is 24.2 Å². The number of hydrogen-bond acceptors (Lipinski definition) is 4. The van der Waals surface area contributed by atoms with Crippen LogP contribution in [-0.2, 0) is 9.53 Å². The largest absolute Gasteiger partial charge is 0.487 e. The van der Waals surface area contributed by atoms with Crippen LogP contribution in [0.5, 0.6) is 5.75 Å². The zero-order chi connectivity index (χ0) is 14.5. The Kier molecular flexibility index (Phi) is 5.82. The molecule has 0 saturated heterocycles. The fraction of sp³-hybridized carbons (Fsp3) is 0.500. The molecule has 0 radical (unpaired) electrons. The zero-order valence-corrected chi connectivity index (χ0v) is 13.1. The van der Waals surface area contributed by atoms with Crippen LogP contribution in [0.4, 0.5) is 0 Å². The highest BCUT2D eigenvalue weighted by atomic mass is 79.9. The summed E-state index contributed by atoms with van der Waals surface area (Å²) in [6.45, 7) is 5.88. The molecule has 0 aromatic heterocycles. The van der Waals surface area contributed by atoms with Crippen molar-refractivity contribution in [2.75, 3.05) is 6.61 Å². The molecule has 0 bridgehead atoms. The van der Waals surface area contributed by atoms with E-state index >= 15 is 0 Å². The molecule has 1 aromatic rings. The third-order valence-electron chi connectivity index (χ3n) is 2.52. The maximum absolute atomic E-state index is 11.5. The summed E-state index contributed by atoms with van der Waals surface area (Å²) in [4.78, 5) is 11.5. The van der Waals surface area contributed by atoms with Crippen molar-refractivity contribution in [2.45, 2.75) is 38.8 Å². The van der Waals surface area contributed by atoms with Crippen LogP contribution >= 0.6 is 15.9 Å². The number of hydrogen-bond donors (Lipinski definition) is 1. The van der Waals surface area contributed by atoms with Crippen LogP contribution in [0.15, 0.2) is 28.7 Å². The molecule has 0 aliphatic carbocycles. The number of benzene rings is 1. The minimum atomic E-state index is -0.683. The molecule has 106 valence electrons. The van der Waals surface area contributed by atoms with Crippen LogP contribution < -0.4 is 10.5 Å².